The highest BCUT2D eigenvalue weighted by Gasteiger charge is 2.33. The topological polar surface area (TPSA) is 12.0 Å². The molecule has 66 valence electrons. The monoisotopic (exact) mass is 155 g/mol. The Morgan fingerprint density at radius 3 is 2.18 bits per heavy atom. The fourth-order valence-electron chi connectivity index (χ4n) is 2.06. The minimum absolute atomic E-state index is 0.555. The van der Waals surface area contributed by atoms with E-state index in [1.807, 2.05) is 0 Å². The van der Waals surface area contributed by atoms with Crippen LogP contribution >= 0.6 is 0 Å². The zero-order valence-corrected chi connectivity index (χ0v) is 8.28. The lowest BCUT2D eigenvalue weighted by atomic mass is 9.71. The van der Waals surface area contributed by atoms with Gasteiger partial charge in [-0.05, 0) is 36.8 Å². The average molecular weight is 155 g/mol. The van der Waals surface area contributed by atoms with E-state index in [-0.39, 0.29) is 0 Å². The van der Waals surface area contributed by atoms with Gasteiger partial charge in [0.25, 0.3) is 0 Å². The summed E-state index contributed by atoms with van der Waals surface area (Å²) in [6.45, 7) is 11.9. The van der Waals surface area contributed by atoms with E-state index in [4.69, 9.17) is 0 Å². The maximum atomic E-state index is 3.34. The molecule has 1 rings (SSSR count). The van der Waals surface area contributed by atoms with Crippen LogP contribution in [-0.4, -0.2) is 13.1 Å². The molecule has 1 aliphatic rings. The molecule has 0 aromatic rings. The molecular formula is C10H21N. The number of rotatable bonds is 3. The van der Waals surface area contributed by atoms with Gasteiger partial charge in [0.2, 0.25) is 0 Å². The molecule has 0 aliphatic carbocycles. The average Bonchev–Trinajstić information content (AvgIpc) is 1.50. The minimum atomic E-state index is 0.555. The summed E-state index contributed by atoms with van der Waals surface area (Å²) in [6, 6.07) is 0. The van der Waals surface area contributed by atoms with Crippen LogP contribution in [0.5, 0.6) is 0 Å². The number of nitrogens with one attached hydrogen (secondary N) is 1. The molecule has 0 aromatic heterocycles. The van der Waals surface area contributed by atoms with Gasteiger partial charge >= 0.3 is 0 Å². The van der Waals surface area contributed by atoms with E-state index >= 15 is 0 Å². The molecule has 1 heterocycles. The Balaban J connectivity index is 2.37. The third kappa shape index (κ3) is 2.19. The summed E-state index contributed by atoms with van der Waals surface area (Å²) >= 11 is 0. The highest BCUT2D eigenvalue weighted by atomic mass is 15.0. The first kappa shape index (κ1) is 9.05. The van der Waals surface area contributed by atoms with Crippen molar-refractivity contribution in [3.63, 3.8) is 0 Å². The molecule has 1 aliphatic heterocycles. The molecule has 0 atom stereocenters. The van der Waals surface area contributed by atoms with E-state index in [1.54, 1.807) is 0 Å². The van der Waals surface area contributed by atoms with Crippen molar-refractivity contribution in [2.24, 2.45) is 17.3 Å². The highest BCUT2D eigenvalue weighted by molar-refractivity contribution is 4.88. The molecule has 11 heavy (non-hydrogen) atoms. The second kappa shape index (κ2) is 3.14. The summed E-state index contributed by atoms with van der Waals surface area (Å²) in [6.07, 6.45) is 1.36. The number of hydrogen-bond acceptors (Lipinski definition) is 1. The summed E-state index contributed by atoms with van der Waals surface area (Å²) in [5.74, 6) is 1.76. The zero-order valence-electron chi connectivity index (χ0n) is 8.28. The summed E-state index contributed by atoms with van der Waals surface area (Å²) in [5.41, 5.74) is 0.555. The van der Waals surface area contributed by atoms with Crippen molar-refractivity contribution in [3.8, 4) is 0 Å². The van der Waals surface area contributed by atoms with Gasteiger partial charge in [0.1, 0.15) is 0 Å². The zero-order chi connectivity index (χ0) is 8.48. The summed E-state index contributed by atoms with van der Waals surface area (Å²) in [5, 5.41) is 3.34. The predicted molar refractivity (Wildman–Crippen MR) is 49.6 cm³/mol. The lowest BCUT2D eigenvalue weighted by molar-refractivity contribution is 0.117. The van der Waals surface area contributed by atoms with Gasteiger partial charge < -0.3 is 5.32 Å². The predicted octanol–water partition coefficient (Wildman–Crippen LogP) is 2.28. The van der Waals surface area contributed by atoms with Crippen LogP contribution in [0.3, 0.4) is 0 Å². The smallest absolute Gasteiger partial charge is 0.000312 e. The fourth-order valence-corrected chi connectivity index (χ4v) is 2.06. The van der Waals surface area contributed by atoms with Crippen LogP contribution in [0.15, 0.2) is 0 Å². The minimum Gasteiger partial charge on any atom is -0.316 e. The van der Waals surface area contributed by atoms with E-state index in [1.165, 1.54) is 19.5 Å². The molecule has 1 saturated heterocycles. The van der Waals surface area contributed by atoms with Crippen LogP contribution in [0.25, 0.3) is 0 Å². The third-order valence-corrected chi connectivity index (χ3v) is 2.82. The van der Waals surface area contributed by atoms with Crippen LogP contribution < -0.4 is 5.32 Å². The van der Waals surface area contributed by atoms with Crippen molar-refractivity contribution in [3.05, 3.63) is 0 Å². The first-order chi connectivity index (χ1) is 5.02. The Morgan fingerprint density at radius 2 is 1.91 bits per heavy atom. The Kier molecular flexibility index (Phi) is 2.58. The summed E-state index contributed by atoms with van der Waals surface area (Å²) < 4.78 is 0. The summed E-state index contributed by atoms with van der Waals surface area (Å²) in [7, 11) is 0. The van der Waals surface area contributed by atoms with Crippen LogP contribution in [0.4, 0.5) is 0 Å². The molecule has 0 unspecified atom stereocenters. The molecule has 0 radical (unpaired) electrons. The van der Waals surface area contributed by atoms with Gasteiger partial charge in [-0.2, -0.15) is 0 Å². The molecular weight excluding hydrogens is 134 g/mol. The van der Waals surface area contributed by atoms with Crippen LogP contribution in [-0.2, 0) is 0 Å². The van der Waals surface area contributed by atoms with Gasteiger partial charge in [0, 0.05) is 0 Å². The van der Waals surface area contributed by atoms with Gasteiger partial charge in [-0.25, -0.2) is 0 Å². The quantitative estimate of drug-likeness (QED) is 0.659. The second-order valence-corrected chi connectivity index (χ2v) is 4.94. The fraction of sp³-hybridized carbons (Fsp3) is 1.00. The van der Waals surface area contributed by atoms with Crippen LogP contribution in [0, 0.1) is 17.3 Å². The van der Waals surface area contributed by atoms with Crippen molar-refractivity contribution in [1.29, 1.82) is 0 Å². The van der Waals surface area contributed by atoms with E-state index in [0.717, 1.165) is 11.8 Å². The maximum absolute atomic E-state index is 3.34. The van der Waals surface area contributed by atoms with Gasteiger partial charge in [-0.15, -0.1) is 0 Å². The lowest BCUT2D eigenvalue weighted by Crippen LogP contribution is -2.50. The first-order valence-corrected chi connectivity index (χ1v) is 4.73. The van der Waals surface area contributed by atoms with E-state index in [9.17, 15) is 0 Å². The van der Waals surface area contributed by atoms with Crippen molar-refractivity contribution < 1.29 is 0 Å². The lowest BCUT2D eigenvalue weighted by Gasteiger charge is -2.42. The number of hydrogen-bond donors (Lipinski definition) is 1. The highest BCUT2D eigenvalue weighted by Crippen LogP contribution is 2.35. The Hall–Kier alpha value is -0.0400. The molecule has 0 saturated carbocycles. The van der Waals surface area contributed by atoms with Gasteiger partial charge in [-0.1, -0.05) is 27.7 Å². The molecule has 1 N–H and O–H groups in total. The molecule has 1 nitrogen and oxygen atoms in total. The standard InChI is InChI=1S/C10H21N/c1-8(2)5-10(3,4)9-6-11-7-9/h8-9,11H,5-7H2,1-4H3. The van der Waals surface area contributed by atoms with Gasteiger partial charge in [0.05, 0.1) is 0 Å². The molecule has 1 fully saturated rings. The van der Waals surface area contributed by atoms with Crippen molar-refractivity contribution in [2.75, 3.05) is 13.1 Å². The molecule has 1 heteroatoms. The van der Waals surface area contributed by atoms with Gasteiger partial charge in [-0.3, -0.25) is 0 Å². The van der Waals surface area contributed by atoms with Crippen molar-refractivity contribution in [1.82, 2.24) is 5.32 Å². The van der Waals surface area contributed by atoms with E-state index < -0.39 is 0 Å². The maximum Gasteiger partial charge on any atom is -0.000312 e. The van der Waals surface area contributed by atoms with Crippen molar-refractivity contribution in [2.45, 2.75) is 34.1 Å². The second-order valence-electron chi connectivity index (χ2n) is 4.94. The third-order valence-electron chi connectivity index (χ3n) is 2.82. The normalized spacial score (nSPS) is 20.5. The molecule has 0 amide bonds. The van der Waals surface area contributed by atoms with Crippen molar-refractivity contribution >= 4 is 0 Å². The Morgan fingerprint density at radius 1 is 1.36 bits per heavy atom. The molecule has 0 aromatic carbocycles. The Bertz CT molecular complexity index is 123. The van der Waals surface area contributed by atoms with Gasteiger partial charge in [0.15, 0.2) is 0 Å². The van der Waals surface area contributed by atoms with E-state index in [0.29, 0.717) is 5.41 Å². The van der Waals surface area contributed by atoms with Crippen LogP contribution in [0.1, 0.15) is 34.1 Å². The van der Waals surface area contributed by atoms with E-state index in [2.05, 4.69) is 33.0 Å². The first-order valence-electron chi connectivity index (χ1n) is 4.73. The Labute approximate surface area is 70.6 Å². The molecule has 0 bridgehead atoms. The molecule has 0 spiro atoms. The SMILES string of the molecule is CC(C)CC(C)(C)C1CNC1. The summed E-state index contributed by atoms with van der Waals surface area (Å²) in [4.78, 5) is 0. The van der Waals surface area contributed by atoms with Crippen LogP contribution in [0.2, 0.25) is 0 Å². The largest absolute Gasteiger partial charge is 0.316 e.